The van der Waals surface area contributed by atoms with Gasteiger partial charge in [0.2, 0.25) is 11.7 Å². The van der Waals surface area contributed by atoms with Crippen LogP contribution < -0.4 is 5.32 Å². The highest BCUT2D eigenvalue weighted by atomic mass is 19.1. The number of rotatable bonds is 8. The summed E-state index contributed by atoms with van der Waals surface area (Å²) in [5.41, 5.74) is 2.29. The van der Waals surface area contributed by atoms with Crippen LogP contribution in [0.4, 0.5) is 4.39 Å². The van der Waals surface area contributed by atoms with E-state index in [9.17, 15) is 14.0 Å². The highest BCUT2D eigenvalue weighted by Gasteiger charge is 2.11. The van der Waals surface area contributed by atoms with Gasteiger partial charge in [0.25, 0.3) is 0 Å². The van der Waals surface area contributed by atoms with Crippen LogP contribution >= 0.6 is 0 Å². The second-order valence-corrected chi connectivity index (χ2v) is 6.36. The zero-order valence-corrected chi connectivity index (χ0v) is 15.4. The molecule has 2 aromatic carbocycles. The Kier molecular flexibility index (Phi) is 6.21. The molecule has 28 heavy (non-hydrogen) atoms. The van der Waals surface area contributed by atoms with Crippen molar-refractivity contribution in [3.63, 3.8) is 0 Å². The van der Waals surface area contributed by atoms with Crippen LogP contribution in [0, 0.1) is 5.82 Å². The van der Waals surface area contributed by atoms with Crippen molar-refractivity contribution in [1.82, 2.24) is 25.5 Å². The van der Waals surface area contributed by atoms with Gasteiger partial charge in [0.05, 0.1) is 0 Å². The van der Waals surface area contributed by atoms with Gasteiger partial charge in [-0.2, -0.15) is 4.80 Å². The average molecular weight is 381 g/mol. The van der Waals surface area contributed by atoms with E-state index in [1.54, 1.807) is 24.3 Å². The van der Waals surface area contributed by atoms with Crippen LogP contribution in [-0.2, 0) is 17.8 Å². The summed E-state index contributed by atoms with van der Waals surface area (Å²) in [6.45, 7) is 2.09. The van der Waals surface area contributed by atoms with E-state index >= 15 is 0 Å². The van der Waals surface area contributed by atoms with Crippen molar-refractivity contribution < 1.29 is 14.0 Å². The minimum absolute atomic E-state index is 0.0317. The molecular weight excluding hydrogens is 361 g/mol. The molecule has 0 bridgehead atoms. The van der Waals surface area contributed by atoms with Crippen LogP contribution in [0.5, 0.6) is 0 Å². The predicted molar refractivity (Wildman–Crippen MR) is 101 cm³/mol. The van der Waals surface area contributed by atoms with E-state index in [1.807, 2.05) is 12.1 Å². The molecule has 144 valence electrons. The number of hydrogen-bond donors (Lipinski definition) is 1. The number of carbonyl (C=O) groups is 2. The summed E-state index contributed by atoms with van der Waals surface area (Å²) < 4.78 is 13.0. The number of carbonyl (C=O) groups excluding carboxylic acids is 2. The number of hydrogen-bond acceptors (Lipinski definition) is 5. The van der Waals surface area contributed by atoms with Crippen LogP contribution in [-0.4, -0.2) is 38.4 Å². The number of Topliss-reactive ketones (excluding diaryl/α,β-unsaturated/α-hetero) is 1. The smallest absolute Gasteiger partial charge is 0.216 e. The fourth-order valence-corrected chi connectivity index (χ4v) is 2.66. The van der Waals surface area contributed by atoms with Gasteiger partial charge in [-0.25, -0.2) is 4.39 Å². The van der Waals surface area contributed by atoms with Gasteiger partial charge in [-0.1, -0.05) is 24.3 Å². The molecule has 0 aliphatic rings. The zero-order valence-electron chi connectivity index (χ0n) is 15.4. The highest BCUT2D eigenvalue weighted by Crippen LogP contribution is 2.14. The summed E-state index contributed by atoms with van der Waals surface area (Å²) in [7, 11) is 0. The van der Waals surface area contributed by atoms with E-state index in [0.29, 0.717) is 23.5 Å². The second kappa shape index (κ2) is 8.98. The van der Waals surface area contributed by atoms with Gasteiger partial charge in [-0.15, -0.1) is 10.2 Å². The Morgan fingerprint density at radius 1 is 1.07 bits per heavy atom. The number of benzene rings is 2. The molecule has 0 spiro atoms. The fraction of sp³-hybridized carbons (Fsp3) is 0.250. The Hall–Kier alpha value is -3.42. The van der Waals surface area contributed by atoms with Gasteiger partial charge in [0, 0.05) is 24.6 Å². The minimum atomic E-state index is -0.343. The second-order valence-electron chi connectivity index (χ2n) is 6.36. The van der Waals surface area contributed by atoms with Gasteiger partial charge < -0.3 is 5.32 Å². The van der Waals surface area contributed by atoms with E-state index in [0.717, 1.165) is 18.4 Å². The monoisotopic (exact) mass is 381 g/mol. The van der Waals surface area contributed by atoms with Crippen molar-refractivity contribution in [1.29, 1.82) is 0 Å². The summed E-state index contributed by atoms with van der Waals surface area (Å²) in [6.07, 6.45) is 1.66. The molecule has 8 heteroatoms. The quantitative estimate of drug-likeness (QED) is 0.478. The van der Waals surface area contributed by atoms with E-state index in [2.05, 4.69) is 20.7 Å². The maximum absolute atomic E-state index is 13.0. The zero-order chi connectivity index (χ0) is 19.9. The molecule has 0 fully saturated rings. The van der Waals surface area contributed by atoms with Crippen molar-refractivity contribution in [2.75, 3.05) is 6.54 Å². The lowest BCUT2D eigenvalue weighted by Gasteiger charge is -2.04. The summed E-state index contributed by atoms with van der Waals surface area (Å²) in [5.74, 6) is -0.176. The van der Waals surface area contributed by atoms with Crippen LogP contribution in [0.25, 0.3) is 11.4 Å². The van der Waals surface area contributed by atoms with E-state index < -0.39 is 0 Å². The van der Waals surface area contributed by atoms with Crippen LogP contribution in [0.15, 0.2) is 48.5 Å². The molecule has 3 aromatic rings. The van der Waals surface area contributed by atoms with Crippen molar-refractivity contribution in [2.24, 2.45) is 0 Å². The number of amides is 1. The van der Waals surface area contributed by atoms with Gasteiger partial charge in [0.1, 0.15) is 12.4 Å². The molecule has 0 unspecified atom stereocenters. The van der Waals surface area contributed by atoms with Crippen LogP contribution in [0.1, 0.15) is 29.3 Å². The number of halogens is 1. The molecule has 7 nitrogen and oxygen atoms in total. The Bertz CT molecular complexity index is 951. The highest BCUT2D eigenvalue weighted by molar-refractivity contribution is 5.95. The number of nitrogens with one attached hydrogen (secondary N) is 1. The first-order valence-electron chi connectivity index (χ1n) is 8.91. The third-order valence-electron chi connectivity index (χ3n) is 4.13. The fourth-order valence-electron chi connectivity index (χ4n) is 2.66. The standard InChI is InChI=1S/C20H20FN5O2/c1-14(27)22-12-2-3-15-4-6-16(7-5-15)19(28)13-26-24-20(23-25-26)17-8-10-18(21)11-9-17/h4-11H,2-3,12-13H2,1H3,(H,22,27). The molecule has 0 radical (unpaired) electrons. The molecule has 1 heterocycles. The Morgan fingerprint density at radius 3 is 2.46 bits per heavy atom. The van der Waals surface area contributed by atoms with Crippen molar-refractivity contribution in [3.8, 4) is 11.4 Å². The lowest BCUT2D eigenvalue weighted by molar-refractivity contribution is -0.118. The molecule has 0 aliphatic heterocycles. The van der Waals surface area contributed by atoms with Crippen molar-refractivity contribution >= 4 is 11.7 Å². The normalized spacial score (nSPS) is 10.6. The maximum Gasteiger partial charge on any atom is 0.216 e. The number of aromatic nitrogens is 4. The summed E-state index contributed by atoms with van der Waals surface area (Å²) in [4.78, 5) is 24.5. The van der Waals surface area contributed by atoms with Crippen molar-refractivity contribution in [3.05, 3.63) is 65.5 Å². The Balaban J connectivity index is 1.56. The summed E-state index contributed by atoms with van der Waals surface area (Å²) in [5, 5.41) is 14.7. The number of nitrogens with zero attached hydrogens (tertiary/aromatic N) is 4. The first-order chi connectivity index (χ1) is 13.5. The molecule has 1 N–H and O–H groups in total. The first-order valence-corrected chi connectivity index (χ1v) is 8.91. The van der Waals surface area contributed by atoms with Gasteiger partial charge >= 0.3 is 0 Å². The number of tetrazole rings is 1. The average Bonchev–Trinajstić information content (AvgIpc) is 3.14. The van der Waals surface area contributed by atoms with Crippen LogP contribution in [0.3, 0.4) is 0 Å². The third kappa shape index (κ3) is 5.29. The molecule has 0 aliphatic carbocycles. The molecule has 0 saturated heterocycles. The number of aryl methyl sites for hydroxylation is 1. The lowest BCUT2D eigenvalue weighted by atomic mass is 10.1. The Morgan fingerprint density at radius 2 is 1.79 bits per heavy atom. The molecule has 0 saturated carbocycles. The Labute approximate surface area is 161 Å². The predicted octanol–water partition coefficient (Wildman–Crippen LogP) is 2.43. The molecule has 0 atom stereocenters. The summed E-state index contributed by atoms with van der Waals surface area (Å²) >= 11 is 0. The van der Waals surface area contributed by atoms with E-state index in [-0.39, 0.29) is 24.1 Å². The minimum Gasteiger partial charge on any atom is -0.356 e. The van der Waals surface area contributed by atoms with E-state index in [1.165, 1.54) is 23.9 Å². The SMILES string of the molecule is CC(=O)NCCCc1ccc(C(=O)Cn2nnc(-c3ccc(F)cc3)n2)cc1. The van der Waals surface area contributed by atoms with E-state index in [4.69, 9.17) is 0 Å². The maximum atomic E-state index is 13.0. The topological polar surface area (TPSA) is 89.8 Å². The number of ketones is 1. The van der Waals surface area contributed by atoms with Crippen molar-refractivity contribution in [2.45, 2.75) is 26.3 Å². The lowest BCUT2D eigenvalue weighted by Crippen LogP contribution is -2.21. The largest absolute Gasteiger partial charge is 0.356 e. The molecule has 3 rings (SSSR count). The third-order valence-corrected chi connectivity index (χ3v) is 4.13. The van der Waals surface area contributed by atoms with Gasteiger partial charge in [-0.05, 0) is 47.9 Å². The molecule has 1 aromatic heterocycles. The van der Waals surface area contributed by atoms with Gasteiger partial charge in [-0.3, -0.25) is 9.59 Å². The first kappa shape index (κ1) is 19.3. The van der Waals surface area contributed by atoms with Gasteiger partial charge in [0.15, 0.2) is 5.78 Å². The molecular formula is C20H20FN5O2. The van der Waals surface area contributed by atoms with Crippen LogP contribution in [0.2, 0.25) is 0 Å². The molecule has 1 amide bonds. The summed E-state index contributed by atoms with van der Waals surface area (Å²) in [6, 6.07) is 13.1.